The monoisotopic (exact) mass is 571 g/mol. The lowest BCUT2D eigenvalue weighted by Gasteiger charge is -2.34. The normalized spacial score (nSPS) is 14.4. The van der Waals surface area contributed by atoms with E-state index >= 15 is 0 Å². The van der Waals surface area contributed by atoms with Gasteiger partial charge in [0.05, 0.1) is 13.2 Å². The number of ether oxygens (including phenoxy) is 1. The van der Waals surface area contributed by atoms with E-state index in [9.17, 15) is 19.2 Å². The molecule has 1 atom stereocenters. The van der Waals surface area contributed by atoms with Crippen LogP contribution in [-0.2, 0) is 25.5 Å². The second kappa shape index (κ2) is 14.3. The van der Waals surface area contributed by atoms with Crippen molar-refractivity contribution in [3.8, 4) is 0 Å². The zero-order valence-electron chi connectivity index (χ0n) is 24.2. The number of piperazine rings is 1. The van der Waals surface area contributed by atoms with E-state index in [1.165, 1.54) is 7.11 Å². The van der Waals surface area contributed by atoms with Gasteiger partial charge in [0, 0.05) is 56.0 Å². The van der Waals surface area contributed by atoms with Crippen molar-refractivity contribution in [1.29, 1.82) is 0 Å². The summed E-state index contributed by atoms with van der Waals surface area (Å²) in [4.78, 5) is 53.7. The SMILES string of the molecule is COC(=O)/C=C/C(=O)NNC(=O)CCc1cc(N2CCN(C)CC2)ccc1C(=O)NC(C)c1cccc2ccccc12. The highest BCUT2D eigenvalue weighted by molar-refractivity contribution is 5.97. The molecule has 0 bridgehead atoms. The number of likely N-dealkylation sites (N-methyl/N-ethyl adjacent to an activating group) is 1. The van der Waals surface area contributed by atoms with Crippen molar-refractivity contribution in [1.82, 2.24) is 21.1 Å². The van der Waals surface area contributed by atoms with Crippen LogP contribution in [0.25, 0.3) is 10.8 Å². The third kappa shape index (κ3) is 7.94. The fourth-order valence-corrected chi connectivity index (χ4v) is 4.95. The molecule has 3 aromatic carbocycles. The van der Waals surface area contributed by atoms with Crippen LogP contribution in [0.4, 0.5) is 5.69 Å². The number of esters is 1. The lowest BCUT2D eigenvalue weighted by Crippen LogP contribution is -2.44. The Bertz CT molecular complexity index is 1470. The number of amides is 3. The summed E-state index contributed by atoms with van der Waals surface area (Å²) < 4.78 is 4.44. The molecule has 10 heteroatoms. The molecule has 0 spiro atoms. The van der Waals surface area contributed by atoms with Gasteiger partial charge in [0.25, 0.3) is 11.8 Å². The van der Waals surface area contributed by atoms with Crippen LogP contribution in [-0.4, -0.2) is 68.9 Å². The van der Waals surface area contributed by atoms with Crippen LogP contribution in [0, 0.1) is 0 Å². The number of benzene rings is 3. The average Bonchev–Trinajstić information content (AvgIpc) is 3.01. The first-order valence-corrected chi connectivity index (χ1v) is 13.9. The van der Waals surface area contributed by atoms with E-state index < -0.39 is 17.8 Å². The molecule has 0 aliphatic carbocycles. The van der Waals surface area contributed by atoms with Crippen molar-refractivity contribution in [3.05, 3.63) is 89.5 Å². The number of hydrogen-bond donors (Lipinski definition) is 3. The van der Waals surface area contributed by atoms with Crippen LogP contribution in [0.2, 0.25) is 0 Å². The van der Waals surface area contributed by atoms with Gasteiger partial charge in [-0.1, -0.05) is 42.5 Å². The summed E-state index contributed by atoms with van der Waals surface area (Å²) in [5.41, 5.74) is 7.83. The van der Waals surface area contributed by atoms with E-state index in [1.54, 1.807) is 0 Å². The van der Waals surface area contributed by atoms with Crippen LogP contribution in [0.15, 0.2) is 72.8 Å². The zero-order valence-corrected chi connectivity index (χ0v) is 24.2. The minimum absolute atomic E-state index is 0.0341. The molecule has 3 N–H and O–H groups in total. The second-order valence-electron chi connectivity index (χ2n) is 10.3. The summed E-state index contributed by atoms with van der Waals surface area (Å²) >= 11 is 0. The van der Waals surface area contributed by atoms with E-state index in [4.69, 9.17) is 0 Å². The molecule has 220 valence electrons. The molecule has 1 saturated heterocycles. The van der Waals surface area contributed by atoms with Crippen LogP contribution in [0.5, 0.6) is 0 Å². The smallest absolute Gasteiger partial charge is 0.330 e. The molecule has 3 amide bonds. The van der Waals surface area contributed by atoms with E-state index in [2.05, 4.69) is 37.8 Å². The van der Waals surface area contributed by atoms with Gasteiger partial charge in [0.2, 0.25) is 5.91 Å². The molecule has 10 nitrogen and oxygen atoms in total. The van der Waals surface area contributed by atoms with Crippen molar-refractivity contribution < 1.29 is 23.9 Å². The van der Waals surface area contributed by atoms with Crippen molar-refractivity contribution in [2.45, 2.75) is 25.8 Å². The van der Waals surface area contributed by atoms with Crippen LogP contribution in [0.1, 0.15) is 40.9 Å². The molecule has 1 heterocycles. The maximum Gasteiger partial charge on any atom is 0.330 e. The Labute approximate surface area is 245 Å². The maximum absolute atomic E-state index is 13.6. The van der Waals surface area contributed by atoms with Gasteiger partial charge in [-0.2, -0.15) is 0 Å². The van der Waals surface area contributed by atoms with Crippen molar-refractivity contribution >= 4 is 40.2 Å². The van der Waals surface area contributed by atoms with Gasteiger partial charge in [0.15, 0.2) is 0 Å². The molecule has 0 radical (unpaired) electrons. The predicted octanol–water partition coefficient (Wildman–Crippen LogP) is 2.89. The van der Waals surface area contributed by atoms with E-state index in [1.807, 2.05) is 67.6 Å². The first-order chi connectivity index (χ1) is 20.2. The Hall–Kier alpha value is -4.70. The Morgan fingerprint density at radius 2 is 1.67 bits per heavy atom. The molecule has 0 saturated carbocycles. The number of rotatable bonds is 9. The number of fused-ring (bicyclic) bond motifs is 1. The third-order valence-electron chi connectivity index (χ3n) is 7.36. The average molecular weight is 572 g/mol. The number of anilines is 1. The lowest BCUT2D eigenvalue weighted by atomic mass is 9.97. The topological polar surface area (TPSA) is 120 Å². The summed E-state index contributed by atoms with van der Waals surface area (Å²) in [7, 11) is 3.29. The standard InChI is InChI=1S/C32H37N5O5/c1-22(26-10-6-8-23-7-4-5-9-27(23)26)33-32(41)28-13-12-25(37-19-17-36(2)18-20-37)21-24(28)11-14-29(38)34-35-30(39)15-16-31(40)42-3/h4-10,12-13,15-16,21-22H,11,14,17-20H2,1-3H3,(H,33,41)(H,34,38)(H,35,39)/b16-15+. The largest absolute Gasteiger partial charge is 0.466 e. The third-order valence-corrected chi connectivity index (χ3v) is 7.36. The number of hydrogen-bond acceptors (Lipinski definition) is 7. The fourth-order valence-electron chi connectivity index (χ4n) is 4.95. The van der Waals surface area contributed by atoms with Crippen molar-refractivity contribution in [2.75, 3.05) is 45.2 Å². The minimum Gasteiger partial charge on any atom is -0.466 e. The Kier molecular flexibility index (Phi) is 10.3. The number of carbonyl (C=O) groups excluding carboxylic acids is 4. The summed E-state index contributed by atoms with van der Waals surface area (Å²) in [6, 6.07) is 19.6. The number of nitrogens with zero attached hydrogens (tertiary/aromatic N) is 2. The first-order valence-electron chi connectivity index (χ1n) is 13.9. The molecule has 4 rings (SSSR count). The number of carbonyl (C=O) groups is 4. The highest BCUT2D eigenvalue weighted by Crippen LogP contribution is 2.26. The van der Waals surface area contributed by atoms with Crippen LogP contribution < -0.4 is 21.1 Å². The summed E-state index contributed by atoms with van der Waals surface area (Å²) in [6.45, 7) is 5.57. The van der Waals surface area contributed by atoms with Gasteiger partial charge < -0.3 is 19.9 Å². The van der Waals surface area contributed by atoms with Gasteiger partial charge in [-0.25, -0.2) is 4.79 Å². The van der Waals surface area contributed by atoms with E-state index in [0.29, 0.717) is 5.56 Å². The van der Waals surface area contributed by atoms with Gasteiger partial charge in [0.1, 0.15) is 0 Å². The van der Waals surface area contributed by atoms with Crippen LogP contribution >= 0.6 is 0 Å². The number of aryl methyl sites for hydroxylation is 1. The second-order valence-corrected chi connectivity index (χ2v) is 10.3. The molecule has 0 aromatic heterocycles. The molecule has 3 aromatic rings. The molecule has 1 fully saturated rings. The summed E-state index contributed by atoms with van der Waals surface area (Å²) in [6.07, 6.45) is 2.24. The van der Waals surface area contributed by atoms with Gasteiger partial charge in [-0.05, 0) is 60.5 Å². The van der Waals surface area contributed by atoms with Crippen molar-refractivity contribution in [2.24, 2.45) is 0 Å². The molecular weight excluding hydrogens is 534 g/mol. The lowest BCUT2D eigenvalue weighted by molar-refractivity contribution is -0.135. The molecular formula is C32H37N5O5. The van der Waals surface area contributed by atoms with Crippen LogP contribution in [0.3, 0.4) is 0 Å². The maximum atomic E-state index is 13.6. The Morgan fingerprint density at radius 3 is 2.43 bits per heavy atom. The fraction of sp³-hybridized carbons (Fsp3) is 0.312. The molecule has 42 heavy (non-hydrogen) atoms. The first kappa shape index (κ1) is 30.3. The molecule has 1 aliphatic heterocycles. The van der Waals surface area contributed by atoms with Gasteiger partial charge in [-0.3, -0.25) is 25.2 Å². The van der Waals surface area contributed by atoms with E-state index in [0.717, 1.165) is 65.9 Å². The Balaban J connectivity index is 1.48. The summed E-state index contributed by atoms with van der Waals surface area (Å²) in [5, 5.41) is 5.33. The zero-order chi connectivity index (χ0) is 30.1. The van der Waals surface area contributed by atoms with E-state index in [-0.39, 0.29) is 24.8 Å². The number of nitrogens with one attached hydrogen (secondary N) is 3. The van der Waals surface area contributed by atoms with Gasteiger partial charge in [-0.15, -0.1) is 0 Å². The predicted molar refractivity (Wildman–Crippen MR) is 162 cm³/mol. The molecule has 1 aliphatic rings. The number of hydrazine groups is 1. The minimum atomic E-state index is -0.683. The van der Waals surface area contributed by atoms with Gasteiger partial charge >= 0.3 is 5.97 Å². The molecule has 1 unspecified atom stereocenters. The van der Waals surface area contributed by atoms with Crippen molar-refractivity contribution in [3.63, 3.8) is 0 Å². The highest BCUT2D eigenvalue weighted by Gasteiger charge is 2.20. The highest BCUT2D eigenvalue weighted by atomic mass is 16.5. The Morgan fingerprint density at radius 1 is 0.929 bits per heavy atom. The quantitative estimate of drug-likeness (QED) is 0.205. The number of methoxy groups -OCH3 is 1. The summed E-state index contributed by atoms with van der Waals surface area (Å²) in [5.74, 6) is -2.02.